The number of unbranched alkanes of at least 4 members (excludes halogenated alkanes) is 1. The Hall–Kier alpha value is -1.25. The number of benzene rings is 2. The van der Waals surface area contributed by atoms with Crippen molar-refractivity contribution in [1.82, 2.24) is 5.32 Å². The molecule has 0 aromatic heterocycles. The van der Waals surface area contributed by atoms with E-state index in [-0.39, 0.29) is 11.6 Å². The quantitative estimate of drug-likeness (QED) is 0.704. The van der Waals surface area contributed by atoms with Crippen LogP contribution in [-0.2, 0) is 0 Å². The molecule has 2 aromatic rings. The zero-order valence-electron chi connectivity index (χ0n) is 15.1. The van der Waals surface area contributed by atoms with Gasteiger partial charge in [-0.05, 0) is 37.0 Å². The van der Waals surface area contributed by atoms with Crippen molar-refractivity contribution >= 4 is 11.8 Å². The lowest BCUT2D eigenvalue weighted by Gasteiger charge is -2.36. The van der Waals surface area contributed by atoms with Crippen molar-refractivity contribution in [3.63, 3.8) is 0 Å². The smallest absolute Gasteiger partial charge is 0.0592 e. The summed E-state index contributed by atoms with van der Waals surface area (Å²) in [5.74, 6) is 1.16. The Labute approximate surface area is 151 Å². The first kappa shape index (κ1) is 17.6. The van der Waals surface area contributed by atoms with E-state index in [0.717, 1.165) is 5.75 Å². The van der Waals surface area contributed by atoms with Crippen molar-refractivity contribution in [2.45, 2.75) is 62.9 Å². The van der Waals surface area contributed by atoms with Gasteiger partial charge in [0.2, 0.25) is 0 Å². The van der Waals surface area contributed by atoms with E-state index >= 15 is 0 Å². The maximum Gasteiger partial charge on any atom is 0.0592 e. The van der Waals surface area contributed by atoms with Crippen LogP contribution in [0.15, 0.2) is 53.4 Å². The van der Waals surface area contributed by atoms with Crippen LogP contribution in [0.2, 0.25) is 0 Å². The Balaban J connectivity index is 2.02. The SMILES string of the molecule is CCCCC1(CC)CSc2ccccc2C(c2ccc(C)cc2)N1. The minimum Gasteiger partial charge on any atom is -0.300 e. The Morgan fingerprint density at radius 1 is 1.08 bits per heavy atom. The van der Waals surface area contributed by atoms with Crippen LogP contribution in [0.4, 0.5) is 0 Å². The van der Waals surface area contributed by atoms with Gasteiger partial charge in [0.1, 0.15) is 0 Å². The van der Waals surface area contributed by atoms with Crippen molar-refractivity contribution in [2.75, 3.05) is 5.75 Å². The van der Waals surface area contributed by atoms with Crippen molar-refractivity contribution in [2.24, 2.45) is 0 Å². The first-order valence-electron chi connectivity index (χ1n) is 9.23. The number of fused-ring (bicyclic) bond motifs is 1. The summed E-state index contributed by atoms with van der Waals surface area (Å²) in [6.45, 7) is 6.79. The van der Waals surface area contributed by atoms with Crippen LogP contribution >= 0.6 is 11.8 Å². The third kappa shape index (κ3) is 3.70. The number of aryl methyl sites for hydroxylation is 1. The molecule has 0 fully saturated rings. The van der Waals surface area contributed by atoms with Crippen molar-refractivity contribution in [3.05, 3.63) is 65.2 Å². The van der Waals surface area contributed by atoms with Crippen molar-refractivity contribution < 1.29 is 0 Å². The first-order valence-corrected chi connectivity index (χ1v) is 10.2. The maximum absolute atomic E-state index is 4.09. The Bertz CT molecular complexity index is 664. The second kappa shape index (κ2) is 7.76. The summed E-state index contributed by atoms with van der Waals surface area (Å²) in [5.41, 5.74) is 4.35. The molecular formula is C22H29NS. The minimum atomic E-state index is 0.218. The van der Waals surface area contributed by atoms with Crippen molar-refractivity contribution in [1.29, 1.82) is 0 Å². The Morgan fingerprint density at radius 3 is 2.54 bits per heavy atom. The molecule has 0 saturated heterocycles. The molecule has 0 saturated carbocycles. The van der Waals surface area contributed by atoms with E-state index in [1.807, 2.05) is 11.8 Å². The molecule has 24 heavy (non-hydrogen) atoms. The standard InChI is InChI=1S/C22H29NS/c1-4-6-15-22(5-2)16-24-20-10-8-7-9-19(20)21(23-22)18-13-11-17(3)12-14-18/h7-14,21,23H,4-6,15-16H2,1-3H3. The first-order chi connectivity index (χ1) is 11.7. The molecule has 1 aliphatic heterocycles. The summed E-state index contributed by atoms with van der Waals surface area (Å²) in [7, 11) is 0. The van der Waals surface area contributed by atoms with Gasteiger partial charge in [-0.2, -0.15) is 0 Å². The topological polar surface area (TPSA) is 12.0 Å². The van der Waals surface area contributed by atoms with E-state index < -0.39 is 0 Å². The van der Waals surface area contributed by atoms with Crippen LogP contribution in [0.5, 0.6) is 0 Å². The van der Waals surface area contributed by atoms with Crippen LogP contribution in [0.3, 0.4) is 0 Å². The molecule has 1 aliphatic rings. The largest absolute Gasteiger partial charge is 0.300 e. The lowest BCUT2D eigenvalue weighted by Crippen LogP contribution is -2.48. The van der Waals surface area contributed by atoms with Gasteiger partial charge in [0.25, 0.3) is 0 Å². The average Bonchev–Trinajstić information content (AvgIpc) is 2.79. The summed E-state index contributed by atoms with van der Waals surface area (Å²) < 4.78 is 0. The predicted molar refractivity (Wildman–Crippen MR) is 106 cm³/mol. The Morgan fingerprint density at radius 2 is 1.83 bits per heavy atom. The van der Waals surface area contributed by atoms with Crippen LogP contribution in [-0.4, -0.2) is 11.3 Å². The number of hydrogen-bond donors (Lipinski definition) is 1. The van der Waals surface area contributed by atoms with Gasteiger partial charge in [-0.3, -0.25) is 5.32 Å². The average molecular weight is 340 g/mol. The molecule has 0 spiro atoms. The summed E-state index contributed by atoms with van der Waals surface area (Å²) >= 11 is 2.03. The van der Waals surface area contributed by atoms with Crippen molar-refractivity contribution in [3.8, 4) is 0 Å². The van der Waals surface area contributed by atoms with Gasteiger partial charge in [-0.1, -0.05) is 74.7 Å². The number of thioether (sulfide) groups is 1. The summed E-state index contributed by atoms with van der Waals surface area (Å²) in [6, 6.07) is 18.3. The molecule has 0 radical (unpaired) electrons. The molecule has 1 heterocycles. The molecule has 2 atom stereocenters. The number of hydrogen-bond acceptors (Lipinski definition) is 2. The molecule has 128 valence electrons. The highest BCUT2D eigenvalue weighted by Gasteiger charge is 2.35. The molecule has 1 nitrogen and oxygen atoms in total. The van der Waals surface area contributed by atoms with Gasteiger partial charge < -0.3 is 0 Å². The summed E-state index contributed by atoms with van der Waals surface area (Å²) in [5, 5.41) is 4.09. The molecule has 3 rings (SSSR count). The zero-order chi connectivity index (χ0) is 17.0. The lowest BCUT2D eigenvalue weighted by atomic mass is 9.88. The minimum absolute atomic E-state index is 0.218. The van der Waals surface area contributed by atoms with Gasteiger partial charge in [0.15, 0.2) is 0 Å². The van der Waals surface area contributed by atoms with E-state index in [4.69, 9.17) is 0 Å². The summed E-state index contributed by atoms with van der Waals surface area (Å²) in [6.07, 6.45) is 4.98. The van der Waals surface area contributed by atoms with Gasteiger partial charge in [-0.15, -0.1) is 11.8 Å². The Kier molecular flexibility index (Phi) is 5.68. The molecular weight excluding hydrogens is 310 g/mol. The fourth-order valence-electron chi connectivity index (χ4n) is 3.55. The predicted octanol–water partition coefficient (Wildman–Crippen LogP) is 6.12. The second-order valence-electron chi connectivity index (χ2n) is 7.05. The van der Waals surface area contributed by atoms with Gasteiger partial charge >= 0.3 is 0 Å². The molecule has 0 bridgehead atoms. The molecule has 2 aromatic carbocycles. The second-order valence-corrected chi connectivity index (χ2v) is 8.07. The van der Waals surface area contributed by atoms with Crippen LogP contribution in [0.25, 0.3) is 0 Å². The molecule has 0 amide bonds. The third-order valence-electron chi connectivity index (χ3n) is 5.28. The van der Waals surface area contributed by atoms with E-state index in [1.165, 1.54) is 47.3 Å². The van der Waals surface area contributed by atoms with Gasteiger partial charge in [-0.25, -0.2) is 0 Å². The highest BCUT2D eigenvalue weighted by atomic mass is 32.2. The summed E-state index contributed by atoms with van der Waals surface area (Å²) in [4.78, 5) is 1.43. The molecule has 0 aliphatic carbocycles. The number of nitrogens with one attached hydrogen (secondary N) is 1. The van der Waals surface area contributed by atoms with Crippen LogP contribution in [0.1, 0.15) is 62.3 Å². The fraction of sp³-hybridized carbons (Fsp3) is 0.455. The fourth-order valence-corrected chi connectivity index (χ4v) is 4.95. The highest BCUT2D eigenvalue weighted by molar-refractivity contribution is 7.99. The third-order valence-corrected chi connectivity index (χ3v) is 6.66. The number of rotatable bonds is 5. The van der Waals surface area contributed by atoms with E-state index in [0.29, 0.717) is 0 Å². The molecule has 2 unspecified atom stereocenters. The van der Waals surface area contributed by atoms with Gasteiger partial charge in [0, 0.05) is 16.2 Å². The van der Waals surface area contributed by atoms with E-state index in [2.05, 4.69) is 74.6 Å². The lowest BCUT2D eigenvalue weighted by molar-refractivity contribution is 0.298. The van der Waals surface area contributed by atoms with Crippen LogP contribution < -0.4 is 5.32 Å². The normalized spacial score (nSPS) is 23.5. The maximum atomic E-state index is 4.09. The van der Waals surface area contributed by atoms with Gasteiger partial charge in [0.05, 0.1) is 6.04 Å². The van der Waals surface area contributed by atoms with E-state index in [9.17, 15) is 0 Å². The highest BCUT2D eigenvalue weighted by Crippen LogP contribution is 2.40. The molecule has 1 N–H and O–H groups in total. The van der Waals surface area contributed by atoms with E-state index in [1.54, 1.807) is 0 Å². The molecule has 2 heteroatoms. The van der Waals surface area contributed by atoms with Crippen LogP contribution in [0, 0.1) is 6.92 Å². The zero-order valence-corrected chi connectivity index (χ0v) is 16.0. The monoisotopic (exact) mass is 339 g/mol.